The van der Waals surface area contributed by atoms with Crippen LogP contribution in [-0.2, 0) is 6.61 Å². The third-order valence-electron chi connectivity index (χ3n) is 7.01. The molecule has 0 spiro atoms. The summed E-state index contributed by atoms with van der Waals surface area (Å²) in [6, 6.07) is 29.4. The van der Waals surface area contributed by atoms with E-state index in [1.54, 1.807) is 24.3 Å². The van der Waals surface area contributed by atoms with E-state index >= 15 is 0 Å². The van der Waals surface area contributed by atoms with Gasteiger partial charge in [-0.15, -0.1) is 0 Å². The Bertz CT molecular complexity index is 1470. The molecule has 204 valence electrons. The average molecular weight is 537 g/mol. The van der Waals surface area contributed by atoms with Gasteiger partial charge in [0.15, 0.2) is 0 Å². The zero-order valence-corrected chi connectivity index (χ0v) is 22.4. The number of carbonyl (C=O) groups is 2. The lowest BCUT2D eigenvalue weighted by Crippen LogP contribution is -2.35. The third kappa shape index (κ3) is 6.68. The van der Waals surface area contributed by atoms with Crippen LogP contribution in [0.15, 0.2) is 97.1 Å². The summed E-state index contributed by atoms with van der Waals surface area (Å²) in [5, 5.41) is 12.7. The van der Waals surface area contributed by atoms with Crippen LogP contribution in [-0.4, -0.2) is 48.1 Å². The van der Waals surface area contributed by atoms with E-state index < -0.39 is 11.9 Å². The maximum atomic E-state index is 13.7. The maximum absolute atomic E-state index is 13.7. The van der Waals surface area contributed by atoms with Crippen LogP contribution in [0.4, 0.5) is 5.69 Å². The van der Waals surface area contributed by atoms with Gasteiger partial charge < -0.3 is 24.8 Å². The molecule has 0 aromatic heterocycles. The molecule has 0 aliphatic carbocycles. The van der Waals surface area contributed by atoms with Crippen molar-refractivity contribution in [3.05, 3.63) is 114 Å². The van der Waals surface area contributed by atoms with Crippen molar-refractivity contribution in [3.63, 3.8) is 0 Å². The maximum Gasteiger partial charge on any atom is 0.337 e. The number of carboxylic acids is 1. The second kappa shape index (κ2) is 12.5. The lowest BCUT2D eigenvalue weighted by atomic mass is 10.0. The molecule has 1 fully saturated rings. The number of carboxylic acid groups (broad SMARTS) is 1. The van der Waals surface area contributed by atoms with Gasteiger partial charge >= 0.3 is 5.97 Å². The minimum atomic E-state index is -1.13. The Kier molecular flexibility index (Phi) is 8.42. The molecule has 5 rings (SSSR count). The van der Waals surface area contributed by atoms with Gasteiger partial charge in [-0.3, -0.25) is 4.79 Å². The highest BCUT2D eigenvalue weighted by Gasteiger charge is 2.22. The Balaban J connectivity index is 1.44. The zero-order valence-electron chi connectivity index (χ0n) is 22.4. The lowest BCUT2D eigenvalue weighted by Gasteiger charge is -2.29. The van der Waals surface area contributed by atoms with E-state index in [-0.39, 0.29) is 29.5 Å². The normalized spacial score (nSPS) is 13.9. The molecule has 0 saturated carbocycles. The number of nitrogens with one attached hydrogen (secondary N) is 1. The number of piperidine rings is 1. The van der Waals surface area contributed by atoms with Crippen LogP contribution in [0.25, 0.3) is 11.1 Å². The van der Waals surface area contributed by atoms with Gasteiger partial charge in [0, 0.05) is 13.1 Å². The van der Waals surface area contributed by atoms with Gasteiger partial charge in [-0.05, 0) is 66.9 Å². The molecule has 1 amide bonds. The Morgan fingerprint density at radius 1 is 0.850 bits per heavy atom. The number of benzene rings is 4. The molecule has 1 saturated heterocycles. The van der Waals surface area contributed by atoms with Gasteiger partial charge in [-0.2, -0.15) is 0 Å². The highest BCUT2D eigenvalue weighted by molar-refractivity contribution is 6.09. The molecule has 7 heteroatoms. The second-order valence-corrected chi connectivity index (χ2v) is 9.94. The molecule has 0 unspecified atom stereocenters. The predicted molar refractivity (Wildman–Crippen MR) is 155 cm³/mol. The van der Waals surface area contributed by atoms with E-state index in [2.05, 4.69) is 17.3 Å². The summed E-state index contributed by atoms with van der Waals surface area (Å²) in [5.41, 5.74) is 3.14. The standard InChI is InChI=1S/C33H32N2O5/c1-35-18-16-26(17-19-35)40-27-13-15-31(39-22-23-8-4-2-5-9-23)29(21-27)32(36)34-30-20-25(12-14-28(30)33(37)38)24-10-6-3-7-11-24/h2-15,20-21,26H,16-19,22H2,1H3,(H,34,36)(H,37,38). The highest BCUT2D eigenvalue weighted by Crippen LogP contribution is 2.30. The van der Waals surface area contributed by atoms with Crippen LogP contribution in [0.1, 0.15) is 39.1 Å². The molecule has 2 N–H and O–H groups in total. The van der Waals surface area contributed by atoms with Crippen LogP contribution in [0.3, 0.4) is 0 Å². The zero-order chi connectivity index (χ0) is 27.9. The number of ether oxygens (including phenoxy) is 2. The van der Waals surface area contributed by atoms with Crippen LogP contribution in [0.5, 0.6) is 11.5 Å². The summed E-state index contributed by atoms with van der Waals surface area (Å²) in [6.45, 7) is 2.18. The second-order valence-electron chi connectivity index (χ2n) is 9.94. The number of hydrogen-bond donors (Lipinski definition) is 2. The Morgan fingerprint density at radius 3 is 2.25 bits per heavy atom. The van der Waals surface area contributed by atoms with Crippen molar-refractivity contribution in [3.8, 4) is 22.6 Å². The molecule has 0 atom stereocenters. The largest absolute Gasteiger partial charge is 0.490 e. The number of likely N-dealkylation sites (tertiary alicyclic amines) is 1. The first-order valence-electron chi connectivity index (χ1n) is 13.4. The van der Waals surface area contributed by atoms with Crippen molar-refractivity contribution >= 4 is 17.6 Å². The van der Waals surface area contributed by atoms with E-state index in [1.165, 1.54) is 6.07 Å². The third-order valence-corrected chi connectivity index (χ3v) is 7.01. The van der Waals surface area contributed by atoms with E-state index in [1.807, 2.05) is 66.7 Å². The quantitative estimate of drug-likeness (QED) is 0.259. The van der Waals surface area contributed by atoms with Crippen LogP contribution < -0.4 is 14.8 Å². The summed E-state index contributed by atoms with van der Waals surface area (Å²) in [5.74, 6) is -0.657. The SMILES string of the molecule is CN1CCC(Oc2ccc(OCc3ccccc3)c(C(=O)Nc3cc(-c4ccccc4)ccc3C(=O)O)c2)CC1. The van der Waals surface area contributed by atoms with Gasteiger partial charge in [0.1, 0.15) is 24.2 Å². The number of amides is 1. The summed E-state index contributed by atoms with van der Waals surface area (Å²) in [6.07, 6.45) is 1.86. The van der Waals surface area contributed by atoms with Gasteiger partial charge in [0.05, 0.1) is 16.8 Å². The lowest BCUT2D eigenvalue weighted by molar-refractivity contribution is 0.0698. The van der Waals surface area contributed by atoms with Crippen LogP contribution in [0, 0.1) is 0 Å². The topological polar surface area (TPSA) is 88.1 Å². The summed E-state index contributed by atoms with van der Waals surface area (Å²) in [7, 11) is 2.09. The predicted octanol–water partition coefficient (Wildman–Crippen LogP) is 6.36. The first kappa shape index (κ1) is 27.0. The number of carbonyl (C=O) groups excluding carboxylic acids is 1. The van der Waals surface area contributed by atoms with E-state index in [4.69, 9.17) is 9.47 Å². The van der Waals surface area contributed by atoms with Gasteiger partial charge in [0.2, 0.25) is 0 Å². The number of aromatic carboxylic acids is 1. The molecule has 0 bridgehead atoms. The molecule has 4 aromatic carbocycles. The van der Waals surface area contributed by atoms with E-state index in [0.717, 1.165) is 42.6 Å². The minimum absolute atomic E-state index is 0.00137. The molecule has 1 aliphatic rings. The van der Waals surface area contributed by atoms with Gasteiger partial charge in [-0.1, -0.05) is 66.7 Å². The van der Waals surface area contributed by atoms with Crippen molar-refractivity contribution in [1.29, 1.82) is 0 Å². The van der Waals surface area contributed by atoms with Crippen molar-refractivity contribution in [2.45, 2.75) is 25.6 Å². The molecular formula is C33H32N2O5. The van der Waals surface area contributed by atoms with Gasteiger partial charge in [-0.25, -0.2) is 4.79 Å². The molecular weight excluding hydrogens is 504 g/mol. The number of nitrogens with zero attached hydrogens (tertiary/aromatic N) is 1. The Labute approximate surface area is 234 Å². The monoisotopic (exact) mass is 536 g/mol. The van der Waals surface area contributed by atoms with E-state index in [0.29, 0.717) is 11.5 Å². The summed E-state index contributed by atoms with van der Waals surface area (Å²) < 4.78 is 12.3. The minimum Gasteiger partial charge on any atom is -0.490 e. The number of rotatable bonds is 9. The number of anilines is 1. The van der Waals surface area contributed by atoms with Crippen molar-refractivity contribution in [1.82, 2.24) is 4.90 Å². The van der Waals surface area contributed by atoms with Crippen molar-refractivity contribution in [2.24, 2.45) is 0 Å². The summed E-state index contributed by atoms with van der Waals surface area (Å²) >= 11 is 0. The fourth-order valence-electron chi connectivity index (χ4n) is 4.75. The molecule has 40 heavy (non-hydrogen) atoms. The smallest absolute Gasteiger partial charge is 0.337 e. The van der Waals surface area contributed by atoms with Crippen molar-refractivity contribution < 1.29 is 24.2 Å². The van der Waals surface area contributed by atoms with Gasteiger partial charge in [0.25, 0.3) is 5.91 Å². The molecule has 4 aromatic rings. The van der Waals surface area contributed by atoms with E-state index in [9.17, 15) is 14.7 Å². The fraction of sp³-hybridized carbons (Fsp3) is 0.212. The Hall–Kier alpha value is -4.62. The first-order valence-corrected chi connectivity index (χ1v) is 13.4. The molecule has 1 heterocycles. The highest BCUT2D eigenvalue weighted by atomic mass is 16.5. The Morgan fingerprint density at radius 2 is 1.55 bits per heavy atom. The van der Waals surface area contributed by atoms with Crippen LogP contribution >= 0.6 is 0 Å². The molecule has 1 aliphatic heterocycles. The fourth-order valence-corrected chi connectivity index (χ4v) is 4.75. The first-order chi connectivity index (χ1) is 19.5. The average Bonchev–Trinajstić information content (AvgIpc) is 2.98. The molecule has 0 radical (unpaired) electrons. The number of hydrogen-bond acceptors (Lipinski definition) is 5. The van der Waals surface area contributed by atoms with Crippen molar-refractivity contribution in [2.75, 3.05) is 25.5 Å². The van der Waals surface area contributed by atoms with Crippen LogP contribution in [0.2, 0.25) is 0 Å². The summed E-state index contributed by atoms with van der Waals surface area (Å²) in [4.78, 5) is 28.0. The molecule has 7 nitrogen and oxygen atoms in total.